The summed E-state index contributed by atoms with van der Waals surface area (Å²) in [5.74, 6) is 0. The number of halogens is 1. The summed E-state index contributed by atoms with van der Waals surface area (Å²) >= 11 is 3.41. The third-order valence-electron chi connectivity index (χ3n) is 2.92. The Kier molecular flexibility index (Phi) is 4.41. The van der Waals surface area contributed by atoms with Gasteiger partial charge in [-0.1, -0.05) is 16.6 Å². The fourth-order valence-electron chi connectivity index (χ4n) is 1.83. The van der Waals surface area contributed by atoms with E-state index in [1.807, 2.05) is 17.5 Å². The lowest BCUT2D eigenvalue weighted by molar-refractivity contribution is 0.601. The summed E-state index contributed by atoms with van der Waals surface area (Å²) in [5.41, 5.74) is 2.17. The quantitative estimate of drug-likeness (QED) is 0.626. The van der Waals surface area contributed by atoms with Gasteiger partial charge in [-0.15, -0.1) is 5.10 Å². The Labute approximate surface area is 145 Å². The highest BCUT2D eigenvalue weighted by Gasteiger charge is 2.14. The minimum absolute atomic E-state index is 0.237. The fraction of sp³-hybridized carbons (Fsp3) is 0. The molecule has 1 aromatic heterocycles. The molecule has 8 heteroatoms. The topological polar surface area (TPSA) is 72.0 Å². The molecule has 0 radical (unpaired) electrons. The summed E-state index contributed by atoms with van der Waals surface area (Å²) in [6, 6.07) is 13.7. The molecule has 5 nitrogen and oxygen atoms in total. The normalized spacial score (nSPS) is 11.3. The monoisotopic (exact) mass is 443 g/mol. The van der Waals surface area contributed by atoms with Gasteiger partial charge in [0.05, 0.1) is 4.90 Å². The second kappa shape index (κ2) is 6.31. The zero-order chi connectivity index (χ0) is 15.6. The Morgan fingerprint density at radius 3 is 2.27 bits per heavy atom. The largest absolute Gasteiger partial charge is 0.280 e. The minimum Gasteiger partial charge on any atom is -0.280 e. The molecular weight excluding hydrogens is 433 g/mol. The first kappa shape index (κ1) is 15.4. The van der Waals surface area contributed by atoms with Crippen molar-refractivity contribution in [3.8, 4) is 11.3 Å². The van der Waals surface area contributed by atoms with Crippen LogP contribution in [0.5, 0.6) is 0 Å². The number of hydrogen-bond donors (Lipinski definition) is 1. The third kappa shape index (κ3) is 3.45. The van der Waals surface area contributed by atoms with Gasteiger partial charge in [0, 0.05) is 20.2 Å². The summed E-state index contributed by atoms with van der Waals surface area (Å²) in [4.78, 5) is 0.237. The van der Waals surface area contributed by atoms with E-state index in [0.29, 0.717) is 5.69 Å². The number of hydrogen-bond acceptors (Lipinski definition) is 5. The highest BCUT2D eigenvalue weighted by Crippen LogP contribution is 2.22. The Balaban J connectivity index is 1.82. The van der Waals surface area contributed by atoms with Crippen molar-refractivity contribution >= 4 is 49.8 Å². The molecule has 0 amide bonds. The van der Waals surface area contributed by atoms with Crippen LogP contribution >= 0.6 is 34.1 Å². The van der Waals surface area contributed by atoms with Crippen LogP contribution in [-0.4, -0.2) is 18.0 Å². The average Bonchev–Trinajstić information content (AvgIpc) is 3.02. The molecule has 0 spiro atoms. The predicted molar refractivity (Wildman–Crippen MR) is 95.3 cm³/mol. The zero-order valence-corrected chi connectivity index (χ0v) is 14.9. The van der Waals surface area contributed by atoms with Crippen molar-refractivity contribution in [1.82, 2.24) is 9.59 Å². The van der Waals surface area contributed by atoms with Crippen LogP contribution in [-0.2, 0) is 10.0 Å². The molecule has 112 valence electrons. The molecule has 2 aromatic carbocycles. The Bertz CT molecular complexity index is 861. The van der Waals surface area contributed by atoms with Crippen LogP contribution in [0, 0.1) is 3.57 Å². The van der Waals surface area contributed by atoms with E-state index in [4.69, 9.17) is 0 Å². The average molecular weight is 443 g/mol. The molecule has 22 heavy (non-hydrogen) atoms. The molecule has 0 aliphatic rings. The summed E-state index contributed by atoms with van der Waals surface area (Å²) in [6.07, 6.45) is 0. The van der Waals surface area contributed by atoms with Gasteiger partial charge in [0.2, 0.25) is 0 Å². The van der Waals surface area contributed by atoms with Gasteiger partial charge in [0.15, 0.2) is 0 Å². The highest BCUT2D eigenvalue weighted by atomic mass is 127. The summed E-state index contributed by atoms with van der Waals surface area (Å²) in [7, 11) is -3.58. The van der Waals surface area contributed by atoms with Gasteiger partial charge >= 0.3 is 0 Å². The van der Waals surface area contributed by atoms with Crippen LogP contribution in [0.4, 0.5) is 5.69 Å². The van der Waals surface area contributed by atoms with Crippen LogP contribution in [0.15, 0.2) is 58.8 Å². The van der Waals surface area contributed by atoms with E-state index in [2.05, 4.69) is 36.9 Å². The lowest BCUT2D eigenvalue weighted by Crippen LogP contribution is -2.12. The second-order valence-corrected chi connectivity index (χ2v) is 7.96. The number of nitrogens with one attached hydrogen (secondary N) is 1. The number of aromatic nitrogens is 2. The highest BCUT2D eigenvalue weighted by molar-refractivity contribution is 14.1. The maximum Gasteiger partial charge on any atom is 0.261 e. The van der Waals surface area contributed by atoms with Gasteiger partial charge in [-0.25, -0.2) is 8.42 Å². The van der Waals surface area contributed by atoms with E-state index in [1.54, 1.807) is 36.4 Å². The van der Waals surface area contributed by atoms with E-state index >= 15 is 0 Å². The molecule has 0 fully saturated rings. The van der Waals surface area contributed by atoms with Crippen molar-refractivity contribution in [1.29, 1.82) is 0 Å². The summed E-state index contributed by atoms with van der Waals surface area (Å²) < 4.78 is 31.9. The standard InChI is InChI=1S/C14H10IN3O2S2/c15-11-3-7-13(8-4-11)22(19,20)17-12-5-1-10(2-6-12)14-9-21-18-16-14/h1-9,17H. The van der Waals surface area contributed by atoms with Crippen LogP contribution < -0.4 is 4.72 Å². The summed E-state index contributed by atoms with van der Waals surface area (Å²) in [5, 5.41) is 5.81. The first-order valence-electron chi connectivity index (χ1n) is 6.20. The van der Waals surface area contributed by atoms with E-state index in [0.717, 1.165) is 14.8 Å². The minimum atomic E-state index is -3.58. The first-order chi connectivity index (χ1) is 10.5. The molecule has 3 aromatic rings. The molecular formula is C14H10IN3O2S2. The Hall–Kier alpha value is -1.52. The molecule has 0 saturated heterocycles. The van der Waals surface area contributed by atoms with Gasteiger partial charge in [0.25, 0.3) is 10.0 Å². The number of nitrogens with zero attached hydrogens (tertiary/aromatic N) is 2. The molecule has 0 bridgehead atoms. The van der Waals surface area contributed by atoms with Gasteiger partial charge in [-0.2, -0.15) is 0 Å². The van der Waals surface area contributed by atoms with Crippen molar-refractivity contribution in [3.63, 3.8) is 0 Å². The number of benzene rings is 2. The second-order valence-electron chi connectivity index (χ2n) is 4.43. The van der Waals surface area contributed by atoms with E-state index in [-0.39, 0.29) is 4.90 Å². The van der Waals surface area contributed by atoms with E-state index in [9.17, 15) is 8.42 Å². The van der Waals surface area contributed by atoms with Crippen molar-refractivity contribution < 1.29 is 8.42 Å². The predicted octanol–water partition coefficient (Wildman–Crippen LogP) is 3.61. The van der Waals surface area contributed by atoms with Gasteiger partial charge in [0.1, 0.15) is 5.69 Å². The smallest absolute Gasteiger partial charge is 0.261 e. The molecule has 1 N–H and O–H groups in total. The van der Waals surface area contributed by atoms with Crippen LogP contribution in [0.25, 0.3) is 11.3 Å². The lowest BCUT2D eigenvalue weighted by atomic mass is 10.2. The van der Waals surface area contributed by atoms with Crippen LogP contribution in [0.1, 0.15) is 0 Å². The van der Waals surface area contributed by atoms with E-state index in [1.165, 1.54) is 11.5 Å². The van der Waals surface area contributed by atoms with Gasteiger partial charge in [-0.3, -0.25) is 4.72 Å². The zero-order valence-electron chi connectivity index (χ0n) is 11.1. The molecule has 1 heterocycles. The molecule has 0 aliphatic carbocycles. The van der Waals surface area contributed by atoms with Crippen LogP contribution in [0.2, 0.25) is 0 Å². The van der Waals surface area contributed by atoms with Crippen LogP contribution in [0.3, 0.4) is 0 Å². The van der Waals surface area contributed by atoms with Crippen molar-refractivity contribution in [2.45, 2.75) is 4.90 Å². The molecule has 0 aliphatic heterocycles. The first-order valence-corrected chi connectivity index (χ1v) is 9.60. The van der Waals surface area contributed by atoms with Gasteiger partial charge in [-0.05, 0) is 70.5 Å². The molecule has 0 unspecified atom stereocenters. The maximum absolute atomic E-state index is 12.3. The SMILES string of the molecule is O=S(=O)(Nc1ccc(-c2csnn2)cc1)c1ccc(I)cc1. The van der Waals surface area contributed by atoms with Crippen molar-refractivity contribution in [2.75, 3.05) is 4.72 Å². The molecule has 3 rings (SSSR count). The summed E-state index contributed by atoms with van der Waals surface area (Å²) in [6.45, 7) is 0. The number of rotatable bonds is 4. The van der Waals surface area contributed by atoms with E-state index < -0.39 is 10.0 Å². The fourth-order valence-corrected chi connectivity index (χ4v) is 3.71. The van der Waals surface area contributed by atoms with Gasteiger partial charge < -0.3 is 0 Å². The number of anilines is 1. The van der Waals surface area contributed by atoms with Crippen molar-refractivity contribution in [2.24, 2.45) is 0 Å². The van der Waals surface area contributed by atoms with Crippen molar-refractivity contribution in [3.05, 3.63) is 57.5 Å². The Morgan fingerprint density at radius 1 is 1.00 bits per heavy atom. The Morgan fingerprint density at radius 2 is 1.68 bits per heavy atom. The molecule has 0 atom stereocenters. The maximum atomic E-state index is 12.3. The number of sulfonamides is 1. The third-order valence-corrected chi connectivity index (χ3v) is 5.54. The lowest BCUT2D eigenvalue weighted by Gasteiger charge is -2.08. The molecule has 0 saturated carbocycles.